The van der Waals surface area contributed by atoms with Crippen molar-refractivity contribution in [2.24, 2.45) is 5.41 Å². The van der Waals surface area contributed by atoms with E-state index in [0.29, 0.717) is 19.4 Å². The summed E-state index contributed by atoms with van der Waals surface area (Å²) in [6, 6.07) is 14.8. The van der Waals surface area contributed by atoms with E-state index in [1.165, 1.54) is 19.2 Å². The third kappa shape index (κ3) is 7.16. The lowest BCUT2D eigenvalue weighted by atomic mass is 9.74. The van der Waals surface area contributed by atoms with E-state index in [1.54, 1.807) is 6.07 Å². The molecule has 6 heteroatoms. The Morgan fingerprint density at radius 2 is 1.72 bits per heavy atom. The molecule has 0 aromatic heterocycles. The molecule has 2 N–H and O–H groups in total. The first kappa shape index (κ1) is 25.5. The van der Waals surface area contributed by atoms with Gasteiger partial charge >= 0.3 is 0 Å². The molecule has 5 nitrogen and oxygen atoms in total. The van der Waals surface area contributed by atoms with Crippen molar-refractivity contribution in [2.75, 3.05) is 27.7 Å². The van der Waals surface area contributed by atoms with Crippen LogP contribution in [0, 0.1) is 11.2 Å². The van der Waals surface area contributed by atoms with Crippen molar-refractivity contribution in [1.82, 2.24) is 15.5 Å². The van der Waals surface area contributed by atoms with Crippen LogP contribution in [0.4, 0.5) is 4.39 Å². The largest absolute Gasteiger partial charge is 0.355 e. The van der Waals surface area contributed by atoms with Crippen LogP contribution in [0.2, 0.25) is 0 Å². The van der Waals surface area contributed by atoms with E-state index in [-0.39, 0.29) is 28.8 Å². The summed E-state index contributed by atoms with van der Waals surface area (Å²) in [5.74, 6) is -0.883. The maximum absolute atomic E-state index is 14.3. The van der Waals surface area contributed by atoms with E-state index in [1.807, 2.05) is 37.2 Å². The summed E-state index contributed by atoms with van der Waals surface area (Å²) in [6.07, 6.45) is 0.961. The van der Waals surface area contributed by atoms with Crippen molar-refractivity contribution < 1.29 is 14.0 Å². The molecule has 0 fully saturated rings. The van der Waals surface area contributed by atoms with Crippen LogP contribution in [0.1, 0.15) is 54.6 Å². The Morgan fingerprint density at radius 1 is 1.06 bits per heavy atom. The van der Waals surface area contributed by atoms with Crippen LogP contribution in [0.3, 0.4) is 0 Å². The normalized spacial score (nSPS) is 13.5. The molecule has 0 bridgehead atoms. The Labute approximate surface area is 191 Å². The number of hydrogen-bond donors (Lipinski definition) is 2. The molecule has 2 amide bonds. The molecule has 0 spiro atoms. The fourth-order valence-electron chi connectivity index (χ4n) is 3.81. The fraction of sp³-hybridized carbons (Fsp3) is 0.462. The smallest absolute Gasteiger partial charge is 0.253 e. The van der Waals surface area contributed by atoms with Crippen LogP contribution in [0.5, 0.6) is 0 Å². The number of hydrogen-bond acceptors (Lipinski definition) is 3. The topological polar surface area (TPSA) is 61.4 Å². The zero-order valence-corrected chi connectivity index (χ0v) is 20.0. The van der Waals surface area contributed by atoms with Crippen LogP contribution in [-0.4, -0.2) is 50.4 Å². The van der Waals surface area contributed by atoms with Gasteiger partial charge in [0.2, 0.25) is 5.91 Å². The summed E-state index contributed by atoms with van der Waals surface area (Å²) in [4.78, 5) is 26.6. The van der Waals surface area contributed by atoms with E-state index >= 15 is 0 Å². The van der Waals surface area contributed by atoms with Crippen molar-refractivity contribution in [1.29, 1.82) is 0 Å². The Hall–Kier alpha value is -2.73. The van der Waals surface area contributed by atoms with Gasteiger partial charge in [0.1, 0.15) is 5.82 Å². The molecular formula is C26H36FN3O2. The highest BCUT2D eigenvalue weighted by molar-refractivity contribution is 5.94. The number of rotatable bonds is 9. The van der Waals surface area contributed by atoms with Gasteiger partial charge in [0.25, 0.3) is 5.91 Å². The Balaban J connectivity index is 2.03. The SMILES string of the molecule is CNC(=O)c1ccc(C[C@@H](CNC(=O)C[C@H](c2ccccc2)C(C)(C)C)N(C)C)cc1F. The number of carbonyl (C=O) groups excluding carboxylic acids is 2. The minimum Gasteiger partial charge on any atom is -0.355 e. The van der Waals surface area contributed by atoms with E-state index in [4.69, 9.17) is 0 Å². The number of likely N-dealkylation sites (N-methyl/N-ethyl adjacent to an activating group) is 1. The molecule has 0 saturated heterocycles. The van der Waals surface area contributed by atoms with Crippen LogP contribution in [0.15, 0.2) is 48.5 Å². The second kappa shape index (κ2) is 11.2. The number of halogens is 1. The molecule has 0 heterocycles. The van der Waals surface area contributed by atoms with Crippen molar-refractivity contribution in [3.05, 3.63) is 71.0 Å². The van der Waals surface area contributed by atoms with Gasteiger partial charge in [0, 0.05) is 26.1 Å². The van der Waals surface area contributed by atoms with Gasteiger partial charge in [-0.15, -0.1) is 0 Å². The Kier molecular flexibility index (Phi) is 8.96. The molecule has 0 unspecified atom stereocenters. The minimum absolute atomic E-state index is 0.00164. The van der Waals surface area contributed by atoms with Gasteiger partial charge in [-0.25, -0.2) is 4.39 Å². The average molecular weight is 442 g/mol. The van der Waals surface area contributed by atoms with Gasteiger partial charge < -0.3 is 15.5 Å². The van der Waals surface area contributed by atoms with Crippen molar-refractivity contribution >= 4 is 11.8 Å². The molecule has 0 aliphatic carbocycles. The van der Waals surface area contributed by atoms with Gasteiger partial charge in [0.15, 0.2) is 0 Å². The predicted molar refractivity (Wildman–Crippen MR) is 127 cm³/mol. The average Bonchev–Trinajstić information content (AvgIpc) is 2.74. The Bertz CT molecular complexity index is 907. The summed E-state index contributed by atoms with van der Waals surface area (Å²) in [7, 11) is 5.35. The molecular weight excluding hydrogens is 405 g/mol. The lowest BCUT2D eigenvalue weighted by Crippen LogP contribution is -2.42. The molecule has 0 aliphatic heterocycles. The highest BCUT2D eigenvalue weighted by atomic mass is 19.1. The molecule has 2 atom stereocenters. The zero-order chi connectivity index (χ0) is 23.9. The van der Waals surface area contributed by atoms with E-state index in [2.05, 4.69) is 43.5 Å². The molecule has 0 saturated carbocycles. The summed E-state index contributed by atoms with van der Waals surface area (Å²) < 4.78 is 14.3. The summed E-state index contributed by atoms with van der Waals surface area (Å²) in [5.41, 5.74) is 1.91. The standard InChI is InChI=1S/C26H36FN3O2/c1-26(2,3)22(19-10-8-7-9-11-19)16-24(31)29-17-20(30(5)6)14-18-12-13-21(23(27)15-18)25(32)28-4/h7-13,15,20,22H,14,16-17H2,1-6H3,(H,28,32)(H,29,31)/t20-,22+/m0/s1. The van der Waals surface area contributed by atoms with E-state index < -0.39 is 11.7 Å². The van der Waals surface area contributed by atoms with Gasteiger partial charge in [-0.3, -0.25) is 9.59 Å². The van der Waals surface area contributed by atoms with Crippen LogP contribution >= 0.6 is 0 Å². The van der Waals surface area contributed by atoms with Gasteiger partial charge in [-0.05, 0) is 55.1 Å². The third-order valence-electron chi connectivity index (χ3n) is 5.88. The maximum Gasteiger partial charge on any atom is 0.253 e. The quantitative estimate of drug-likeness (QED) is 0.619. The van der Waals surface area contributed by atoms with Crippen LogP contribution in [0.25, 0.3) is 0 Å². The molecule has 2 aromatic carbocycles. The summed E-state index contributed by atoms with van der Waals surface area (Å²) >= 11 is 0. The lowest BCUT2D eigenvalue weighted by Gasteiger charge is -2.31. The van der Waals surface area contributed by atoms with Gasteiger partial charge in [0.05, 0.1) is 5.56 Å². The van der Waals surface area contributed by atoms with Crippen molar-refractivity contribution in [3.8, 4) is 0 Å². The highest BCUT2D eigenvalue weighted by Crippen LogP contribution is 2.37. The zero-order valence-electron chi connectivity index (χ0n) is 20.0. The van der Waals surface area contributed by atoms with Gasteiger partial charge in [-0.1, -0.05) is 57.2 Å². The number of amides is 2. The summed E-state index contributed by atoms with van der Waals surface area (Å²) in [5, 5.41) is 5.51. The number of nitrogens with zero attached hydrogens (tertiary/aromatic N) is 1. The number of nitrogens with one attached hydrogen (secondary N) is 2. The first-order valence-corrected chi connectivity index (χ1v) is 11.0. The van der Waals surface area contributed by atoms with E-state index in [0.717, 1.165) is 11.1 Å². The molecule has 174 valence electrons. The van der Waals surface area contributed by atoms with Gasteiger partial charge in [-0.2, -0.15) is 0 Å². The van der Waals surface area contributed by atoms with E-state index in [9.17, 15) is 14.0 Å². The molecule has 0 aliphatic rings. The molecule has 2 rings (SSSR count). The second-order valence-corrected chi connectivity index (χ2v) is 9.55. The number of benzene rings is 2. The summed E-state index contributed by atoms with van der Waals surface area (Å²) in [6.45, 7) is 6.91. The second-order valence-electron chi connectivity index (χ2n) is 9.55. The van der Waals surface area contributed by atoms with Crippen molar-refractivity contribution in [2.45, 2.75) is 45.6 Å². The molecule has 32 heavy (non-hydrogen) atoms. The lowest BCUT2D eigenvalue weighted by molar-refractivity contribution is -0.122. The van der Waals surface area contributed by atoms with Crippen molar-refractivity contribution in [3.63, 3.8) is 0 Å². The minimum atomic E-state index is -0.542. The number of carbonyl (C=O) groups is 2. The Morgan fingerprint density at radius 3 is 2.25 bits per heavy atom. The van der Waals surface area contributed by atoms with Crippen LogP contribution in [-0.2, 0) is 11.2 Å². The van der Waals surface area contributed by atoms with Crippen LogP contribution < -0.4 is 10.6 Å². The first-order chi connectivity index (χ1) is 15.0. The third-order valence-corrected chi connectivity index (χ3v) is 5.88. The predicted octanol–water partition coefficient (Wildman–Crippen LogP) is 3.99. The first-order valence-electron chi connectivity index (χ1n) is 11.0. The molecule has 2 aromatic rings. The highest BCUT2D eigenvalue weighted by Gasteiger charge is 2.28. The molecule has 0 radical (unpaired) electrons. The fourth-order valence-corrected chi connectivity index (χ4v) is 3.81. The maximum atomic E-state index is 14.3. The monoisotopic (exact) mass is 441 g/mol.